The Morgan fingerprint density at radius 2 is 1.17 bits per heavy atom. The van der Waals surface area contributed by atoms with Crippen LogP contribution < -0.4 is 0 Å². The van der Waals surface area contributed by atoms with Crippen LogP contribution in [0.4, 0.5) is 0 Å². The molecule has 0 aliphatic heterocycles. The molecule has 0 aromatic heterocycles. The number of rotatable bonds is 11. The highest BCUT2D eigenvalue weighted by molar-refractivity contribution is 5.72. The van der Waals surface area contributed by atoms with Gasteiger partial charge in [-0.05, 0) is 77.5 Å². The van der Waals surface area contributed by atoms with Crippen LogP contribution in [0.3, 0.4) is 0 Å². The Labute approximate surface area is 182 Å². The number of hydrogen-bond acceptors (Lipinski definition) is 1. The largest absolute Gasteiger partial charge is 0.396 e. The van der Waals surface area contributed by atoms with Gasteiger partial charge in [-0.25, -0.2) is 0 Å². The van der Waals surface area contributed by atoms with Gasteiger partial charge in [-0.15, -0.1) is 0 Å². The van der Waals surface area contributed by atoms with Gasteiger partial charge in [0, 0.05) is 6.61 Å². The molecule has 0 aliphatic carbocycles. The summed E-state index contributed by atoms with van der Waals surface area (Å²) in [5.41, 5.74) is 9.40. The van der Waals surface area contributed by atoms with E-state index in [-0.39, 0.29) is 6.61 Å². The van der Waals surface area contributed by atoms with Crippen LogP contribution >= 0.6 is 0 Å². The summed E-state index contributed by atoms with van der Waals surface area (Å²) in [7, 11) is 0. The molecule has 1 nitrogen and oxygen atoms in total. The highest BCUT2D eigenvalue weighted by Crippen LogP contribution is 2.29. The molecule has 30 heavy (non-hydrogen) atoms. The van der Waals surface area contributed by atoms with E-state index in [0.29, 0.717) is 0 Å². The first-order valence-corrected chi connectivity index (χ1v) is 11.7. The minimum absolute atomic E-state index is 0.284. The van der Waals surface area contributed by atoms with E-state index < -0.39 is 0 Å². The lowest BCUT2D eigenvalue weighted by Gasteiger charge is -2.12. The van der Waals surface area contributed by atoms with Crippen molar-refractivity contribution in [3.05, 3.63) is 83.4 Å². The molecule has 0 saturated carbocycles. The van der Waals surface area contributed by atoms with Crippen molar-refractivity contribution < 1.29 is 5.11 Å². The maximum atomic E-state index is 9.00. The second kappa shape index (κ2) is 11.7. The van der Waals surface area contributed by atoms with E-state index in [2.05, 4.69) is 80.6 Å². The molecule has 3 aromatic rings. The quantitative estimate of drug-likeness (QED) is 0.328. The van der Waals surface area contributed by atoms with Crippen molar-refractivity contribution >= 4 is 0 Å². The van der Waals surface area contributed by atoms with E-state index in [1.54, 1.807) is 0 Å². The predicted octanol–water partition coefficient (Wildman–Crippen LogP) is 7.63. The standard InChI is InChI=1S/C29H36O/c1-3-5-6-9-23-11-14-26(15-12-23)27-16-18-28(19-17-27)29-20-13-24(10-7-8-21-30)22-25(29)4-2/h11-20,22,30H,3-10,21H2,1-2H3. The topological polar surface area (TPSA) is 20.2 Å². The van der Waals surface area contributed by atoms with Crippen molar-refractivity contribution in [2.24, 2.45) is 0 Å². The molecule has 3 aromatic carbocycles. The summed E-state index contributed by atoms with van der Waals surface area (Å²) < 4.78 is 0. The Hall–Kier alpha value is -2.38. The molecule has 1 heteroatoms. The third-order valence-electron chi connectivity index (χ3n) is 5.98. The summed E-state index contributed by atoms with van der Waals surface area (Å²) in [6, 6.07) is 24.9. The van der Waals surface area contributed by atoms with E-state index in [4.69, 9.17) is 5.11 Å². The van der Waals surface area contributed by atoms with Gasteiger partial charge in [0.25, 0.3) is 0 Å². The average Bonchev–Trinajstić information content (AvgIpc) is 2.80. The molecular formula is C29H36O. The van der Waals surface area contributed by atoms with Crippen molar-refractivity contribution in [1.82, 2.24) is 0 Å². The summed E-state index contributed by atoms with van der Waals surface area (Å²) in [4.78, 5) is 0. The fraction of sp³-hybridized carbons (Fsp3) is 0.379. The number of hydrogen-bond donors (Lipinski definition) is 1. The molecular weight excluding hydrogens is 364 g/mol. The lowest BCUT2D eigenvalue weighted by Crippen LogP contribution is -1.94. The fourth-order valence-electron chi connectivity index (χ4n) is 4.10. The van der Waals surface area contributed by atoms with Crippen molar-refractivity contribution in [2.45, 2.75) is 65.2 Å². The highest BCUT2D eigenvalue weighted by atomic mass is 16.2. The van der Waals surface area contributed by atoms with Crippen LogP contribution in [0, 0.1) is 0 Å². The fourth-order valence-corrected chi connectivity index (χ4v) is 4.10. The minimum Gasteiger partial charge on any atom is -0.396 e. The number of aliphatic hydroxyl groups excluding tert-OH is 1. The number of aryl methyl sites for hydroxylation is 3. The van der Waals surface area contributed by atoms with Crippen molar-refractivity contribution in [1.29, 1.82) is 0 Å². The molecule has 0 fully saturated rings. The van der Waals surface area contributed by atoms with E-state index in [1.165, 1.54) is 64.6 Å². The van der Waals surface area contributed by atoms with Gasteiger partial charge < -0.3 is 5.11 Å². The van der Waals surface area contributed by atoms with Gasteiger partial charge >= 0.3 is 0 Å². The predicted molar refractivity (Wildman–Crippen MR) is 130 cm³/mol. The molecule has 0 spiro atoms. The summed E-state index contributed by atoms with van der Waals surface area (Å²) >= 11 is 0. The van der Waals surface area contributed by atoms with Crippen molar-refractivity contribution in [2.75, 3.05) is 6.61 Å². The van der Waals surface area contributed by atoms with Crippen LogP contribution in [0.25, 0.3) is 22.3 Å². The zero-order valence-electron chi connectivity index (χ0n) is 18.7. The first-order valence-electron chi connectivity index (χ1n) is 11.7. The molecule has 1 N–H and O–H groups in total. The van der Waals surface area contributed by atoms with Crippen LogP contribution in [0.2, 0.25) is 0 Å². The number of aliphatic hydroxyl groups is 1. The smallest absolute Gasteiger partial charge is 0.0431 e. The third kappa shape index (κ3) is 6.06. The second-order valence-electron chi connectivity index (χ2n) is 8.26. The molecule has 0 aliphatic rings. The monoisotopic (exact) mass is 400 g/mol. The molecule has 0 bridgehead atoms. The summed E-state index contributed by atoms with van der Waals surface area (Å²) in [5.74, 6) is 0. The first-order chi connectivity index (χ1) is 14.7. The van der Waals surface area contributed by atoms with E-state index >= 15 is 0 Å². The summed E-state index contributed by atoms with van der Waals surface area (Å²) in [5, 5.41) is 9.00. The summed E-state index contributed by atoms with van der Waals surface area (Å²) in [6.07, 6.45) is 9.05. The van der Waals surface area contributed by atoms with Gasteiger partial charge in [0.15, 0.2) is 0 Å². The summed E-state index contributed by atoms with van der Waals surface area (Å²) in [6.45, 7) is 4.77. The lowest BCUT2D eigenvalue weighted by molar-refractivity contribution is 0.284. The Kier molecular flexibility index (Phi) is 8.71. The molecule has 0 atom stereocenters. The maximum Gasteiger partial charge on any atom is 0.0431 e. The molecule has 0 heterocycles. The SMILES string of the molecule is CCCCCc1ccc(-c2ccc(-c3ccc(CCCCO)cc3CC)cc2)cc1. The van der Waals surface area contributed by atoms with E-state index in [1.807, 2.05) is 0 Å². The molecule has 3 rings (SSSR count). The Morgan fingerprint density at radius 3 is 1.80 bits per heavy atom. The Bertz CT molecular complexity index is 891. The van der Waals surface area contributed by atoms with Crippen molar-refractivity contribution in [3.63, 3.8) is 0 Å². The highest BCUT2D eigenvalue weighted by Gasteiger charge is 2.07. The van der Waals surface area contributed by atoms with Crippen LogP contribution in [-0.2, 0) is 19.3 Å². The van der Waals surface area contributed by atoms with Gasteiger partial charge in [0.2, 0.25) is 0 Å². The van der Waals surface area contributed by atoms with Crippen molar-refractivity contribution in [3.8, 4) is 22.3 Å². The van der Waals surface area contributed by atoms with Gasteiger partial charge in [0.1, 0.15) is 0 Å². The number of unbranched alkanes of at least 4 members (excludes halogenated alkanes) is 3. The van der Waals surface area contributed by atoms with E-state index in [0.717, 1.165) is 25.7 Å². The maximum absolute atomic E-state index is 9.00. The van der Waals surface area contributed by atoms with Gasteiger partial charge in [-0.1, -0.05) is 93.4 Å². The molecule has 0 unspecified atom stereocenters. The lowest BCUT2D eigenvalue weighted by atomic mass is 9.93. The van der Waals surface area contributed by atoms with Crippen LogP contribution in [0.5, 0.6) is 0 Å². The Morgan fingerprint density at radius 1 is 0.600 bits per heavy atom. The third-order valence-corrected chi connectivity index (χ3v) is 5.98. The average molecular weight is 401 g/mol. The van der Waals surface area contributed by atoms with Crippen LogP contribution in [0.15, 0.2) is 66.7 Å². The molecule has 158 valence electrons. The minimum atomic E-state index is 0.284. The van der Waals surface area contributed by atoms with Crippen LogP contribution in [-0.4, -0.2) is 11.7 Å². The Balaban J connectivity index is 1.72. The molecule has 0 radical (unpaired) electrons. The first kappa shape index (κ1) is 22.3. The zero-order valence-corrected chi connectivity index (χ0v) is 18.7. The second-order valence-corrected chi connectivity index (χ2v) is 8.26. The van der Waals surface area contributed by atoms with Gasteiger partial charge in [-0.2, -0.15) is 0 Å². The normalized spacial score (nSPS) is 11.0. The number of benzene rings is 3. The molecule has 0 amide bonds. The molecule has 0 saturated heterocycles. The van der Waals surface area contributed by atoms with Gasteiger partial charge in [-0.3, -0.25) is 0 Å². The van der Waals surface area contributed by atoms with Gasteiger partial charge in [0.05, 0.1) is 0 Å². The van der Waals surface area contributed by atoms with E-state index in [9.17, 15) is 0 Å². The van der Waals surface area contributed by atoms with Crippen LogP contribution in [0.1, 0.15) is 62.6 Å². The zero-order chi connectivity index (χ0) is 21.2.